The van der Waals surface area contributed by atoms with Crippen LogP contribution in [0.4, 0.5) is 0 Å². The van der Waals surface area contributed by atoms with Crippen LogP contribution in [-0.4, -0.2) is 11.2 Å². The lowest BCUT2D eigenvalue weighted by Crippen LogP contribution is -2.07. The van der Waals surface area contributed by atoms with Crippen molar-refractivity contribution in [3.8, 4) is 0 Å². The fraction of sp³-hybridized carbons (Fsp3) is 0.833. The highest BCUT2D eigenvalue weighted by Gasteiger charge is 2.06. The monoisotopic (exact) mass is 184 g/mol. The normalized spacial score (nSPS) is 15.2. The Labute approximate surface area is 82.9 Å². The summed E-state index contributed by atoms with van der Waals surface area (Å²) < 4.78 is 0. The SMILES string of the molecule is CC(C)=C(C)CCC(C)CC(C)O. The highest BCUT2D eigenvalue weighted by Crippen LogP contribution is 2.18. The van der Waals surface area contributed by atoms with E-state index in [2.05, 4.69) is 27.7 Å². The van der Waals surface area contributed by atoms with Crippen molar-refractivity contribution in [1.29, 1.82) is 0 Å². The Balaban J connectivity index is 3.70. The molecule has 0 rings (SSSR count). The molecule has 0 aliphatic rings. The lowest BCUT2D eigenvalue weighted by atomic mass is 9.95. The van der Waals surface area contributed by atoms with E-state index in [4.69, 9.17) is 0 Å². The van der Waals surface area contributed by atoms with Gasteiger partial charge in [0.15, 0.2) is 0 Å². The first kappa shape index (κ1) is 12.7. The molecule has 0 aliphatic heterocycles. The van der Waals surface area contributed by atoms with Gasteiger partial charge in [-0.05, 0) is 52.9 Å². The van der Waals surface area contributed by atoms with Crippen molar-refractivity contribution >= 4 is 0 Å². The van der Waals surface area contributed by atoms with Crippen LogP contribution in [0.25, 0.3) is 0 Å². The average molecular weight is 184 g/mol. The van der Waals surface area contributed by atoms with E-state index in [0.29, 0.717) is 5.92 Å². The molecule has 0 bridgehead atoms. The number of rotatable bonds is 5. The van der Waals surface area contributed by atoms with Crippen LogP contribution >= 0.6 is 0 Å². The van der Waals surface area contributed by atoms with Gasteiger partial charge in [-0.15, -0.1) is 0 Å². The van der Waals surface area contributed by atoms with Crippen molar-refractivity contribution < 1.29 is 5.11 Å². The number of allylic oxidation sites excluding steroid dienone is 2. The summed E-state index contributed by atoms with van der Waals surface area (Å²) in [5.41, 5.74) is 2.93. The molecule has 0 saturated carbocycles. The predicted molar refractivity (Wildman–Crippen MR) is 58.7 cm³/mol. The molecule has 2 atom stereocenters. The van der Waals surface area contributed by atoms with Gasteiger partial charge >= 0.3 is 0 Å². The van der Waals surface area contributed by atoms with E-state index in [1.165, 1.54) is 24.0 Å². The Kier molecular flexibility index (Phi) is 6.06. The van der Waals surface area contributed by atoms with Crippen LogP contribution in [-0.2, 0) is 0 Å². The van der Waals surface area contributed by atoms with Gasteiger partial charge in [0, 0.05) is 0 Å². The zero-order valence-electron chi connectivity index (χ0n) is 9.72. The summed E-state index contributed by atoms with van der Waals surface area (Å²) in [6, 6.07) is 0. The van der Waals surface area contributed by atoms with E-state index in [1.54, 1.807) is 0 Å². The Hall–Kier alpha value is -0.300. The van der Waals surface area contributed by atoms with Gasteiger partial charge in [-0.25, -0.2) is 0 Å². The third kappa shape index (κ3) is 6.83. The summed E-state index contributed by atoms with van der Waals surface area (Å²) in [6.07, 6.45) is 3.15. The third-order valence-electron chi connectivity index (χ3n) is 2.61. The molecule has 0 spiro atoms. The zero-order valence-corrected chi connectivity index (χ0v) is 9.72. The topological polar surface area (TPSA) is 20.2 Å². The minimum atomic E-state index is -0.151. The van der Waals surface area contributed by atoms with Crippen molar-refractivity contribution in [3.63, 3.8) is 0 Å². The Morgan fingerprint density at radius 1 is 1.15 bits per heavy atom. The quantitative estimate of drug-likeness (QED) is 0.648. The fourth-order valence-corrected chi connectivity index (χ4v) is 1.41. The molecule has 0 saturated heterocycles. The van der Waals surface area contributed by atoms with Crippen LogP contribution in [0.15, 0.2) is 11.1 Å². The summed E-state index contributed by atoms with van der Waals surface area (Å²) >= 11 is 0. The summed E-state index contributed by atoms with van der Waals surface area (Å²) in [5, 5.41) is 9.19. The van der Waals surface area contributed by atoms with Crippen molar-refractivity contribution in [3.05, 3.63) is 11.1 Å². The fourth-order valence-electron chi connectivity index (χ4n) is 1.41. The molecule has 0 heterocycles. The summed E-state index contributed by atoms with van der Waals surface area (Å²) in [4.78, 5) is 0. The molecule has 0 radical (unpaired) electrons. The van der Waals surface area contributed by atoms with Crippen LogP contribution in [0.2, 0.25) is 0 Å². The van der Waals surface area contributed by atoms with Crippen molar-refractivity contribution in [2.75, 3.05) is 0 Å². The molecule has 1 nitrogen and oxygen atoms in total. The maximum Gasteiger partial charge on any atom is 0.0514 e. The zero-order chi connectivity index (χ0) is 10.4. The van der Waals surface area contributed by atoms with Gasteiger partial charge < -0.3 is 5.11 Å². The molecule has 1 N–H and O–H groups in total. The molecule has 2 unspecified atom stereocenters. The second kappa shape index (κ2) is 6.20. The van der Waals surface area contributed by atoms with Crippen molar-refractivity contribution in [2.24, 2.45) is 5.92 Å². The summed E-state index contributed by atoms with van der Waals surface area (Å²) in [6.45, 7) is 10.6. The van der Waals surface area contributed by atoms with Crippen LogP contribution in [0.3, 0.4) is 0 Å². The summed E-state index contributed by atoms with van der Waals surface area (Å²) in [7, 11) is 0. The van der Waals surface area contributed by atoms with Gasteiger partial charge in [-0.3, -0.25) is 0 Å². The Morgan fingerprint density at radius 2 is 1.69 bits per heavy atom. The van der Waals surface area contributed by atoms with Crippen molar-refractivity contribution in [1.82, 2.24) is 0 Å². The highest BCUT2D eigenvalue weighted by molar-refractivity contribution is 5.06. The van der Waals surface area contributed by atoms with E-state index in [9.17, 15) is 5.11 Å². The van der Waals surface area contributed by atoms with Gasteiger partial charge in [0.1, 0.15) is 0 Å². The number of hydrogen-bond acceptors (Lipinski definition) is 1. The second-order valence-corrected chi connectivity index (χ2v) is 4.51. The first-order valence-electron chi connectivity index (χ1n) is 5.24. The van der Waals surface area contributed by atoms with Crippen LogP contribution in [0, 0.1) is 5.92 Å². The maximum absolute atomic E-state index is 9.19. The number of aliphatic hydroxyl groups excluding tert-OH is 1. The molecule has 1 heteroatoms. The number of hydrogen-bond donors (Lipinski definition) is 1. The first-order valence-corrected chi connectivity index (χ1v) is 5.24. The van der Waals surface area contributed by atoms with Gasteiger partial charge in [0.2, 0.25) is 0 Å². The molecule has 0 amide bonds. The smallest absolute Gasteiger partial charge is 0.0514 e. The second-order valence-electron chi connectivity index (χ2n) is 4.51. The predicted octanol–water partition coefficient (Wildman–Crippen LogP) is 3.53. The molecule has 0 aromatic heterocycles. The lowest BCUT2D eigenvalue weighted by Gasteiger charge is -2.13. The van der Waals surface area contributed by atoms with Gasteiger partial charge in [0.05, 0.1) is 6.10 Å². The minimum absolute atomic E-state index is 0.151. The molecule has 0 aromatic carbocycles. The van der Waals surface area contributed by atoms with Gasteiger partial charge in [0.25, 0.3) is 0 Å². The standard InChI is InChI=1S/C12H24O/c1-9(2)11(4)7-6-10(3)8-12(5)13/h10,12-13H,6-8H2,1-5H3. The van der Waals surface area contributed by atoms with E-state index < -0.39 is 0 Å². The molecular formula is C12H24O. The number of aliphatic hydroxyl groups is 1. The van der Waals surface area contributed by atoms with Crippen LogP contribution in [0.1, 0.15) is 53.9 Å². The van der Waals surface area contributed by atoms with E-state index in [0.717, 1.165) is 6.42 Å². The van der Waals surface area contributed by atoms with Crippen molar-refractivity contribution in [2.45, 2.75) is 60.0 Å². The Morgan fingerprint density at radius 3 is 2.08 bits per heavy atom. The van der Waals surface area contributed by atoms with E-state index in [1.807, 2.05) is 6.92 Å². The molecule has 0 aromatic rings. The van der Waals surface area contributed by atoms with Crippen LogP contribution < -0.4 is 0 Å². The highest BCUT2D eigenvalue weighted by atomic mass is 16.3. The molecule has 0 fully saturated rings. The summed E-state index contributed by atoms with van der Waals surface area (Å²) in [5.74, 6) is 0.634. The lowest BCUT2D eigenvalue weighted by molar-refractivity contribution is 0.162. The van der Waals surface area contributed by atoms with Gasteiger partial charge in [-0.1, -0.05) is 18.1 Å². The van der Waals surface area contributed by atoms with Crippen LogP contribution in [0.5, 0.6) is 0 Å². The Bertz CT molecular complexity index is 164. The molecule has 13 heavy (non-hydrogen) atoms. The van der Waals surface area contributed by atoms with Gasteiger partial charge in [-0.2, -0.15) is 0 Å². The largest absolute Gasteiger partial charge is 0.393 e. The molecular weight excluding hydrogens is 160 g/mol. The van der Waals surface area contributed by atoms with E-state index in [-0.39, 0.29) is 6.10 Å². The van der Waals surface area contributed by atoms with E-state index >= 15 is 0 Å². The first-order chi connectivity index (χ1) is 5.93. The maximum atomic E-state index is 9.19. The minimum Gasteiger partial charge on any atom is -0.393 e. The molecule has 78 valence electrons. The average Bonchev–Trinajstić information content (AvgIpc) is 1.98. The molecule has 0 aliphatic carbocycles. The third-order valence-corrected chi connectivity index (χ3v) is 2.61.